The SMILES string of the molecule is COC(=O)c1ccc(S(=O)(=O)Nc2ccc3c(c2)N(S(=O)(=O)c2ccc(F)cc2)CCC3)cc1. The molecule has 3 aromatic rings. The summed E-state index contributed by atoms with van der Waals surface area (Å²) in [6.45, 7) is 0.206. The minimum atomic E-state index is -4.01. The molecule has 1 aliphatic heterocycles. The van der Waals surface area contributed by atoms with Crippen molar-refractivity contribution in [3.05, 3.63) is 83.7 Å². The van der Waals surface area contributed by atoms with Gasteiger partial charge >= 0.3 is 5.97 Å². The molecule has 0 spiro atoms. The fourth-order valence-electron chi connectivity index (χ4n) is 3.69. The van der Waals surface area contributed by atoms with Gasteiger partial charge in [0.1, 0.15) is 5.82 Å². The molecule has 11 heteroatoms. The molecule has 0 amide bonds. The standard InChI is InChI=1S/C23H21FN2O6S2/c1-32-23(27)17-5-10-20(11-6-17)33(28,29)25-19-9-4-16-3-2-14-26(22(16)15-19)34(30,31)21-12-7-18(24)8-13-21/h4-13,15,25H,2-3,14H2,1H3. The number of methoxy groups -OCH3 is 1. The molecule has 0 saturated carbocycles. The average Bonchev–Trinajstić information content (AvgIpc) is 2.83. The first kappa shape index (κ1) is 23.7. The predicted molar refractivity (Wildman–Crippen MR) is 124 cm³/mol. The van der Waals surface area contributed by atoms with Gasteiger partial charge in [0.15, 0.2) is 0 Å². The smallest absolute Gasteiger partial charge is 0.337 e. The van der Waals surface area contributed by atoms with Crippen molar-refractivity contribution < 1.29 is 30.8 Å². The van der Waals surface area contributed by atoms with Gasteiger partial charge in [0.2, 0.25) is 0 Å². The zero-order valence-electron chi connectivity index (χ0n) is 18.1. The number of halogens is 1. The van der Waals surface area contributed by atoms with Gasteiger partial charge in [0.25, 0.3) is 20.0 Å². The van der Waals surface area contributed by atoms with Gasteiger partial charge in [0.05, 0.1) is 33.8 Å². The Kier molecular flexibility index (Phi) is 6.32. The van der Waals surface area contributed by atoms with E-state index in [0.717, 1.165) is 17.7 Å². The molecule has 0 unspecified atom stereocenters. The van der Waals surface area contributed by atoms with Gasteiger partial charge in [-0.1, -0.05) is 6.07 Å². The van der Waals surface area contributed by atoms with Crippen LogP contribution in [0.4, 0.5) is 15.8 Å². The number of hydrogen-bond acceptors (Lipinski definition) is 6. The lowest BCUT2D eigenvalue weighted by atomic mass is 10.0. The molecule has 4 rings (SSSR count). The first-order valence-corrected chi connectivity index (χ1v) is 13.2. The van der Waals surface area contributed by atoms with Crippen LogP contribution in [-0.2, 0) is 31.2 Å². The molecule has 34 heavy (non-hydrogen) atoms. The normalized spacial score (nSPS) is 13.8. The molecular weight excluding hydrogens is 483 g/mol. The summed E-state index contributed by atoms with van der Waals surface area (Å²) in [4.78, 5) is 11.4. The molecule has 0 atom stereocenters. The van der Waals surface area contributed by atoms with Gasteiger partial charge in [-0.3, -0.25) is 9.03 Å². The highest BCUT2D eigenvalue weighted by Gasteiger charge is 2.30. The van der Waals surface area contributed by atoms with Gasteiger partial charge in [0, 0.05) is 6.54 Å². The molecular formula is C23H21FN2O6S2. The van der Waals surface area contributed by atoms with Crippen molar-refractivity contribution in [1.82, 2.24) is 0 Å². The number of fused-ring (bicyclic) bond motifs is 1. The minimum Gasteiger partial charge on any atom is -0.465 e. The number of carbonyl (C=O) groups excluding carboxylic acids is 1. The van der Waals surface area contributed by atoms with E-state index in [4.69, 9.17) is 0 Å². The molecule has 1 aliphatic rings. The van der Waals surface area contributed by atoms with Gasteiger partial charge < -0.3 is 4.74 Å². The Morgan fingerprint density at radius 2 is 1.59 bits per heavy atom. The second-order valence-electron chi connectivity index (χ2n) is 7.60. The molecule has 1 heterocycles. The van der Waals surface area contributed by atoms with Crippen LogP contribution in [0.1, 0.15) is 22.3 Å². The zero-order chi connectivity index (χ0) is 24.5. The van der Waals surface area contributed by atoms with Crippen LogP contribution in [0.3, 0.4) is 0 Å². The summed E-state index contributed by atoms with van der Waals surface area (Å²) in [6.07, 6.45) is 1.22. The number of nitrogens with one attached hydrogen (secondary N) is 1. The number of hydrogen-bond donors (Lipinski definition) is 1. The molecule has 0 aliphatic carbocycles. The third kappa shape index (κ3) is 4.62. The number of esters is 1. The van der Waals surface area contributed by atoms with Crippen molar-refractivity contribution in [3.63, 3.8) is 0 Å². The van der Waals surface area contributed by atoms with E-state index < -0.39 is 31.8 Å². The fourth-order valence-corrected chi connectivity index (χ4v) is 6.27. The molecule has 1 N–H and O–H groups in total. The molecule has 0 aromatic heterocycles. The number of carbonyl (C=O) groups is 1. The van der Waals surface area contributed by atoms with Crippen LogP contribution in [0.2, 0.25) is 0 Å². The minimum absolute atomic E-state index is 0.0570. The highest BCUT2D eigenvalue weighted by Crippen LogP contribution is 2.34. The number of sulfonamides is 2. The number of anilines is 2. The lowest BCUT2D eigenvalue weighted by Gasteiger charge is -2.31. The van der Waals surface area contributed by atoms with Gasteiger partial charge in [-0.2, -0.15) is 0 Å². The molecule has 8 nitrogen and oxygen atoms in total. The summed E-state index contributed by atoms with van der Waals surface area (Å²) < 4.78 is 73.7. The van der Waals surface area contributed by atoms with Crippen molar-refractivity contribution >= 4 is 37.4 Å². The number of ether oxygens (including phenoxy) is 1. The van der Waals surface area contributed by atoms with Crippen molar-refractivity contribution in [2.75, 3.05) is 22.7 Å². The lowest BCUT2D eigenvalue weighted by molar-refractivity contribution is 0.0600. The zero-order valence-corrected chi connectivity index (χ0v) is 19.7. The molecule has 0 saturated heterocycles. The molecule has 3 aromatic carbocycles. The van der Waals surface area contributed by atoms with Crippen LogP contribution >= 0.6 is 0 Å². The highest BCUT2D eigenvalue weighted by atomic mass is 32.2. The van der Waals surface area contributed by atoms with Crippen molar-refractivity contribution in [3.8, 4) is 0 Å². The van der Waals surface area contributed by atoms with Gasteiger partial charge in [-0.25, -0.2) is 26.0 Å². The van der Waals surface area contributed by atoms with Crippen LogP contribution in [0.5, 0.6) is 0 Å². The number of aryl methyl sites for hydroxylation is 1. The Morgan fingerprint density at radius 3 is 2.24 bits per heavy atom. The molecule has 0 bridgehead atoms. The highest BCUT2D eigenvalue weighted by molar-refractivity contribution is 7.93. The van der Waals surface area contributed by atoms with Crippen molar-refractivity contribution in [2.45, 2.75) is 22.6 Å². The Morgan fingerprint density at radius 1 is 0.941 bits per heavy atom. The second-order valence-corrected chi connectivity index (χ2v) is 11.1. The molecule has 0 fully saturated rings. The topological polar surface area (TPSA) is 110 Å². The molecule has 0 radical (unpaired) electrons. The summed E-state index contributed by atoms with van der Waals surface area (Å²) in [5, 5.41) is 0. The van der Waals surface area contributed by atoms with E-state index in [9.17, 15) is 26.0 Å². The fraction of sp³-hybridized carbons (Fsp3) is 0.174. The Labute approximate surface area is 197 Å². The van der Waals surface area contributed by atoms with E-state index in [1.54, 1.807) is 12.1 Å². The summed E-state index contributed by atoms with van der Waals surface area (Å²) in [7, 11) is -6.76. The van der Waals surface area contributed by atoms with E-state index in [1.165, 1.54) is 53.9 Å². The van der Waals surface area contributed by atoms with Crippen molar-refractivity contribution in [2.24, 2.45) is 0 Å². The third-order valence-corrected chi connectivity index (χ3v) is 8.63. The van der Waals surface area contributed by atoms with E-state index >= 15 is 0 Å². The summed E-state index contributed by atoms with van der Waals surface area (Å²) in [6, 6.07) is 14.5. The first-order valence-electron chi connectivity index (χ1n) is 10.2. The van der Waals surface area contributed by atoms with E-state index in [2.05, 4.69) is 9.46 Å². The van der Waals surface area contributed by atoms with Gasteiger partial charge in [-0.05, 0) is 79.1 Å². The monoisotopic (exact) mass is 504 g/mol. The third-order valence-electron chi connectivity index (χ3n) is 5.40. The number of rotatable bonds is 6. The van der Waals surface area contributed by atoms with E-state index in [1.807, 2.05) is 0 Å². The maximum Gasteiger partial charge on any atom is 0.337 e. The van der Waals surface area contributed by atoms with Crippen LogP contribution in [-0.4, -0.2) is 36.5 Å². The van der Waals surface area contributed by atoms with E-state index in [-0.39, 0.29) is 27.6 Å². The van der Waals surface area contributed by atoms with E-state index in [0.29, 0.717) is 18.5 Å². The predicted octanol–water partition coefficient (Wildman–Crippen LogP) is 3.55. The van der Waals surface area contributed by atoms with Crippen LogP contribution in [0.15, 0.2) is 76.5 Å². The van der Waals surface area contributed by atoms with Crippen LogP contribution in [0, 0.1) is 5.82 Å². The Bertz CT molecular complexity index is 1440. The second kappa shape index (κ2) is 9.07. The maximum atomic E-state index is 13.3. The summed E-state index contributed by atoms with van der Waals surface area (Å²) in [5.74, 6) is -1.14. The van der Waals surface area contributed by atoms with Crippen molar-refractivity contribution in [1.29, 1.82) is 0 Å². The largest absolute Gasteiger partial charge is 0.465 e. The Hall–Kier alpha value is -3.44. The quantitative estimate of drug-likeness (QED) is 0.514. The maximum absolute atomic E-state index is 13.3. The lowest BCUT2D eigenvalue weighted by Crippen LogP contribution is -2.35. The summed E-state index contributed by atoms with van der Waals surface area (Å²) >= 11 is 0. The summed E-state index contributed by atoms with van der Waals surface area (Å²) in [5.41, 5.74) is 1.49. The first-order chi connectivity index (χ1) is 16.1. The molecule has 178 valence electrons. The van der Waals surface area contributed by atoms with Crippen LogP contribution < -0.4 is 9.03 Å². The number of nitrogens with zero attached hydrogens (tertiary/aromatic N) is 1. The van der Waals surface area contributed by atoms with Gasteiger partial charge in [-0.15, -0.1) is 0 Å². The average molecular weight is 505 g/mol. The number of benzene rings is 3. The Balaban J connectivity index is 1.65. The van der Waals surface area contributed by atoms with Crippen LogP contribution in [0.25, 0.3) is 0 Å².